The molecular formula is C20H24ClN3O3. The van der Waals surface area contributed by atoms with Gasteiger partial charge in [0.1, 0.15) is 17.3 Å². The molecule has 1 amide bonds. The highest BCUT2D eigenvalue weighted by molar-refractivity contribution is 6.32. The Labute approximate surface area is 164 Å². The Bertz CT molecular complexity index is 788. The summed E-state index contributed by atoms with van der Waals surface area (Å²) in [5, 5.41) is 3.65. The molecule has 0 radical (unpaired) electrons. The highest BCUT2D eigenvalue weighted by atomic mass is 35.5. The van der Waals surface area contributed by atoms with Crippen LogP contribution in [-0.4, -0.2) is 43.1 Å². The van der Waals surface area contributed by atoms with Crippen molar-refractivity contribution in [1.82, 2.24) is 9.88 Å². The van der Waals surface area contributed by atoms with Gasteiger partial charge in [0.25, 0.3) is 5.91 Å². The minimum Gasteiger partial charge on any atom is -0.495 e. The van der Waals surface area contributed by atoms with Gasteiger partial charge in [0.05, 0.1) is 30.5 Å². The Morgan fingerprint density at radius 1 is 1.07 bits per heavy atom. The summed E-state index contributed by atoms with van der Waals surface area (Å²) in [5.74, 6) is 1.76. The standard InChI is InChI=1S/C20H24ClN3O3/c1-26-17-12-16(18(27-2)11-15(17)21)23-19-8-7-14(13-22-19)20(25)24-9-5-3-4-6-10-24/h7-8,11-13H,3-6,9-10H2,1-2H3,(H,22,23). The lowest BCUT2D eigenvalue weighted by Crippen LogP contribution is -2.31. The van der Waals surface area contributed by atoms with E-state index in [1.807, 2.05) is 4.90 Å². The molecule has 2 aromatic rings. The zero-order valence-electron chi connectivity index (χ0n) is 15.6. The van der Waals surface area contributed by atoms with Crippen LogP contribution in [0.2, 0.25) is 5.02 Å². The summed E-state index contributed by atoms with van der Waals surface area (Å²) in [4.78, 5) is 19.0. The van der Waals surface area contributed by atoms with Crippen molar-refractivity contribution in [3.63, 3.8) is 0 Å². The van der Waals surface area contributed by atoms with Gasteiger partial charge in [-0.05, 0) is 25.0 Å². The average molecular weight is 390 g/mol. The summed E-state index contributed by atoms with van der Waals surface area (Å²) in [6.45, 7) is 1.64. The number of ether oxygens (including phenoxy) is 2. The first-order chi connectivity index (χ1) is 13.1. The lowest BCUT2D eigenvalue weighted by molar-refractivity contribution is 0.0761. The molecule has 0 spiro atoms. The van der Waals surface area contributed by atoms with E-state index in [4.69, 9.17) is 21.1 Å². The Morgan fingerprint density at radius 3 is 2.37 bits per heavy atom. The highest BCUT2D eigenvalue weighted by Crippen LogP contribution is 2.37. The number of carbonyl (C=O) groups excluding carboxylic acids is 1. The van der Waals surface area contributed by atoms with Crippen molar-refractivity contribution in [1.29, 1.82) is 0 Å². The van der Waals surface area contributed by atoms with Gasteiger partial charge < -0.3 is 19.7 Å². The van der Waals surface area contributed by atoms with Gasteiger partial charge in [0.15, 0.2) is 0 Å². The largest absolute Gasteiger partial charge is 0.495 e. The third-order valence-electron chi connectivity index (χ3n) is 4.64. The van der Waals surface area contributed by atoms with Gasteiger partial charge in [-0.15, -0.1) is 0 Å². The van der Waals surface area contributed by atoms with Crippen molar-refractivity contribution >= 4 is 29.0 Å². The molecule has 6 nitrogen and oxygen atoms in total. The quantitative estimate of drug-likeness (QED) is 0.814. The van der Waals surface area contributed by atoms with E-state index in [0.29, 0.717) is 33.6 Å². The second-order valence-electron chi connectivity index (χ2n) is 6.45. The number of anilines is 2. The summed E-state index contributed by atoms with van der Waals surface area (Å²) < 4.78 is 10.6. The van der Waals surface area contributed by atoms with Crippen molar-refractivity contribution in [2.45, 2.75) is 25.7 Å². The average Bonchev–Trinajstić information content (AvgIpc) is 2.98. The van der Waals surface area contributed by atoms with E-state index in [9.17, 15) is 4.79 Å². The van der Waals surface area contributed by atoms with Crippen molar-refractivity contribution < 1.29 is 14.3 Å². The summed E-state index contributed by atoms with van der Waals surface area (Å²) in [6, 6.07) is 7.01. The molecule has 1 aromatic heterocycles. The number of carbonyl (C=O) groups is 1. The number of halogens is 1. The maximum Gasteiger partial charge on any atom is 0.255 e. The first kappa shape index (κ1) is 19.3. The molecule has 1 aliphatic heterocycles. The predicted molar refractivity (Wildman–Crippen MR) is 106 cm³/mol. The van der Waals surface area contributed by atoms with Gasteiger partial charge in [0, 0.05) is 31.4 Å². The molecular weight excluding hydrogens is 366 g/mol. The third kappa shape index (κ3) is 4.63. The zero-order valence-corrected chi connectivity index (χ0v) is 16.4. The molecule has 27 heavy (non-hydrogen) atoms. The van der Waals surface area contributed by atoms with Crippen LogP contribution in [0.1, 0.15) is 36.0 Å². The van der Waals surface area contributed by atoms with Crippen LogP contribution in [0.5, 0.6) is 11.5 Å². The molecule has 0 unspecified atom stereocenters. The Kier molecular flexibility index (Phi) is 6.40. The number of rotatable bonds is 5. The molecule has 0 atom stereocenters. The Morgan fingerprint density at radius 2 is 1.78 bits per heavy atom. The summed E-state index contributed by atoms with van der Waals surface area (Å²) in [7, 11) is 3.12. The predicted octanol–water partition coefficient (Wildman–Crippen LogP) is 4.51. The second kappa shape index (κ2) is 8.95. The van der Waals surface area contributed by atoms with E-state index < -0.39 is 0 Å². The normalized spacial score (nSPS) is 14.4. The van der Waals surface area contributed by atoms with Gasteiger partial charge in [-0.1, -0.05) is 24.4 Å². The smallest absolute Gasteiger partial charge is 0.255 e. The number of hydrogen-bond donors (Lipinski definition) is 1. The molecule has 1 N–H and O–H groups in total. The van der Waals surface area contributed by atoms with E-state index in [-0.39, 0.29) is 5.91 Å². The molecule has 1 saturated heterocycles. The maximum absolute atomic E-state index is 12.7. The molecule has 1 aliphatic rings. The molecule has 0 saturated carbocycles. The second-order valence-corrected chi connectivity index (χ2v) is 6.86. The number of likely N-dealkylation sites (tertiary alicyclic amines) is 1. The van der Waals surface area contributed by atoms with Gasteiger partial charge >= 0.3 is 0 Å². The van der Waals surface area contributed by atoms with Crippen molar-refractivity contribution in [2.75, 3.05) is 32.6 Å². The van der Waals surface area contributed by atoms with E-state index in [2.05, 4.69) is 10.3 Å². The molecule has 1 fully saturated rings. The maximum atomic E-state index is 12.7. The van der Waals surface area contributed by atoms with Gasteiger partial charge in [0.2, 0.25) is 0 Å². The fourth-order valence-electron chi connectivity index (χ4n) is 3.15. The van der Waals surface area contributed by atoms with E-state index in [0.717, 1.165) is 25.9 Å². The van der Waals surface area contributed by atoms with Crippen LogP contribution in [0.25, 0.3) is 0 Å². The van der Waals surface area contributed by atoms with Crippen LogP contribution in [0.4, 0.5) is 11.5 Å². The van der Waals surface area contributed by atoms with Gasteiger partial charge in [-0.25, -0.2) is 4.98 Å². The lowest BCUT2D eigenvalue weighted by Gasteiger charge is -2.20. The number of amides is 1. The first-order valence-electron chi connectivity index (χ1n) is 9.06. The van der Waals surface area contributed by atoms with E-state index in [1.165, 1.54) is 12.8 Å². The number of pyridine rings is 1. The molecule has 1 aromatic carbocycles. The number of hydrogen-bond acceptors (Lipinski definition) is 5. The summed E-state index contributed by atoms with van der Waals surface area (Å²) in [5.41, 5.74) is 1.28. The Balaban J connectivity index is 1.75. The third-order valence-corrected chi connectivity index (χ3v) is 4.94. The van der Waals surface area contributed by atoms with Gasteiger partial charge in [-0.3, -0.25) is 4.79 Å². The molecule has 3 rings (SSSR count). The van der Waals surface area contributed by atoms with E-state index in [1.54, 1.807) is 44.7 Å². The number of methoxy groups -OCH3 is 2. The number of benzene rings is 1. The van der Waals surface area contributed by atoms with Crippen LogP contribution in [0.15, 0.2) is 30.5 Å². The molecule has 7 heteroatoms. The van der Waals surface area contributed by atoms with Crippen LogP contribution in [0, 0.1) is 0 Å². The van der Waals surface area contributed by atoms with E-state index >= 15 is 0 Å². The molecule has 0 bridgehead atoms. The van der Waals surface area contributed by atoms with Crippen LogP contribution < -0.4 is 14.8 Å². The summed E-state index contributed by atoms with van der Waals surface area (Å²) >= 11 is 6.13. The van der Waals surface area contributed by atoms with Crippen LogP contribution in [-0.2, 0) is 0 Å². The number of nitrogens with one attached hydrogen (secondary N) is 1. The Hall–Kier alpha value is -2.47. The fourth-order valence-corrected chi connectivity index (χ4v) is 3.38. The lowest BCUT2D eigenvalue weighted by atomic mass is 10.2. The van der Waals surface area contributed by atoms with Crippen molar-refractivity contribution in [3.8, 4) is 11.5 Å². The molecule has 0 aliphatic carbocycles. The number of nitrogens with zero attached hydrogens (tertiary/aromatic N) is 2. The minimum absolute atomic E-state index is 0.0432. The van der Waals surface area contributed by atoms with Gasteiger partial charge in [-0.2, -0.15) is 0 Å². The molecule has 2 heterocycles. The van der Waals surface area contributed by atoms with Crippen LogP contribution in [0.3, 0.4) is 0 Å². The molecule has 144 valence electrons. The highest BCUT2D eigenvalue weighted by Gasteiger charge is 2.18. The van der Waals surface area contributed by atoms with Crippen LogP contribution >= 0.6 is 11.6 Å². The monoisotopic (exact) mass is 389 g/mol. The minimum atomic E-state index is 0.0432. The number of aromatic nitrogens is 1. The van der Waals surface area contributed by atoms with Crippen molar-refractivity contribution in [3.05, 3.63) is 41.0 Å². The first-order valence-corrected chi connectivity index (χ1v) is 9.44. The zero-order chi connectivity index (χ0) is 19.2. The summed E-state index contributed by atoms with van der Waals surface area (Å²) in [6.07, 6.45) is 6.12. The SMILES string of the molecule is COc1cc(Nc2ccc(C(=O)N3CCCCCC3)cn2)c(OC)cc1Cl. The van der Waals surface area contributed by atoms with Crippen molar-refractivity contribution in [2.24, 2.45) is 0 Å². The fraction of sp³-hybridized carbons (Fsp3) is 0.400. The topological polar surface area (TPSA) is 63.7 Å².